The third-order valence-electron chi connectivity index (χ3n) is 2.73. The van der Waals surface area contributed by atoms with E-state index in [4.69, 9.17) is 10.8 Å². The number of carbonyl (C=O) groups excluding carboxylic acids is 1. The molecule has 1 rings (SSSR count). The highest BCUT2D eigenvalue weighted by molar-refractivity contribution is 5.80. The van der Waals surface area contributed by atoms with Crippen molar-refractivity contribution in [1.29, 1.82) is 0 Å². The van der Waals surface area contributed by atoms with Crippen LogP contribution in [0.1, 0.15) is 18.4 Å². The second-order valence-electron chi connectivity index (χ2n) is 4.17. The van der Waals surface area contributed by atoms with Gasteiger partial charge in [0.15, 0.2) is 0 Å². The molecule has 0 saturated heterocycles. The highest BCUT2D eigenvalue weighted by Crippen LogP contribution is 2.16. The van der Waals surface area contributed by atoms with Crippen LogP contribution in [0.25, 0.3) is 0 Å². The summed E-state index contributed by atoms with van der Waals surface area (Å²) in [6.45, 7) is 0. The van der Waals surface area contributed by atoms with E-state index in [2.05, 4.69) is 0 Å². The maximum Gasteiger partial charge on any atom is 0.307 e. The summed E-state index contributed by atoms with van der Waals surface area (Å²) in [5.74, 6) is -2.55. The number of hydrogen-bond acceptors (Lipinski definition) is 4. The summed E-state index contributed by atoms with van der Waals surface area (Å²) in [6, 6.07) is 5.86. The minimum absolute atomic E-state index is 0.0179. The number of carboxylic acid groups (broad SMARTS) is 1. The van der Waals surface area contributed by atoms with Crippen LogP contribution in [-0.4, -0.2) is 21.9 Å². The first-order chi connectivity index (χ1) is 8.90. The molecule has 0 aliphatic carbocycles. The van der Waals surface area contributed by atoms with E-state index in [1.165, 1.54) is 12.1 Å². The van der Waals surface area contributed by atoms with Crippen LogP contribution in [0.4, 0.5) is 5.69 Å². The van der Waals surface area contributed by atoms with Gasteiger partial charge in [0.05, 0.1) is 10.8 Å². The van der Waals surface area contributed by atoms with Gasteiger partial charge >= 0.3 is 5.97 Å². The summed E-state index contributed by atoms with van der Waals surface area (Å²) >= 11 is 0. The van der Waals surface area contributed by atoms with Gasteiger partial charge in [0.25, 0.3) is 5.69 Å². The monoisotopic (exact) mass is 266 g/mol. The molecule has 1 atom stereocenters. The largest absolute Gasteiger partial charge is 0.481 e. The normalized spacial score (nSPS) is 11.8. The van der Waals surface area contributed by atoms with Gasteiger partial charge in [0.1, 0.15) is 0 Å². The van der Waals surface area contributed by atoms with Crippen LogP contribution < -0.4 is 5.73 Å². The van der Waals surface area contributed by atoms with E-state index in [1.54, 1.807) is 12.1 Å². The lowest BCUT2D eigenvalue weighted by atomic mass is 9.96. The Hall–Kier alpha value is -2.44. The summed E-state index contributed by atoms with van der Waals surface area (Å²) in [5.41, 5.74) is 5.74. The average molecular weight is 266 g/mol. The molecule has 0 aromatic heterocycles. The predicted molar refractivity (Wildman–Crippen MR) is 66.4 cm³/mol. The Kier molecular flexibility index (Phi) is 4.99. The number of rotatable bonds is 7. The second-order valence-corrected chi connectivity index (χ2v) is 4.17. The average Bonchev–Trinajstić information content (AvgIpc) is 2.34. The van der Waals surface area contributed by atoms with Crippen molar-refractivity contribution in [3.63, 3.8) is 0 Å². The third-order valence-corrected chi connectivity index (χ3v) is 2.73. The number of primary amides is 1. The third kappa shape index (κ3) is 4.74. The lowest BCUT2D eigenvalue weighted by molar-refractivity contribution is -0.384. The number of non-ortho nitro benzene ring substituents is 1. The van der Waals surface area contributed by atoms with Crippen molar-refractivity contribution >= 4 is 17.6 Å². The molecular weight excluding hydrogens is 252 g/mol. The summed E-state index contributed by atoms with van der Waals surface area (Å²) < 4.78 is 0. The van der Waals surface area contributed by atoms with Gasteiger partial charge in [0.2, 0.25) is 5.91 Å². The van der Waals surface area contributed by atoms with Crippen LogP contribution in [-0.2, 0) is 16.0 Å². The van der Waals surface area contributed by atoms with Crippen LogP contribution in [0.15, 0.2) is 24.3 Å². The van der Waals surface area contributed by atoms with Crippen LogP contribution in [0.2, 0.25) is 0 Å². The fourth-order valence-electron chi connectivity index (χ4n) is 1.68. The van der Waals surface area contributed by atoms with Gasteiger partial charge in [-0.2, -0.15) is 0 Å². The first-order valence-corrected chi connectivity index (χ1v) is 5.64. The van der Waals surface area contributed by atoms with Gasteiger partial charge in [-0.25, -0.2) is 0 Å². The summed E-state index contributed by atoms with van der Waals surface area (Å²) in [6.07, 6.45) is 0.473. The number of carbonyl (C=O) groups is 2. The summed E-state index contributed by atoms with van der Waals surface area (Å²) in [4.78, 5) is 31.6. The van der Waals surface area contributed by atoms with Crippen molar-refractivity contribution in [1.82, 2.24) is 0 Å². The van der Waals surface area contributed by atoms with Crippen LogP contribution >= 0.6 is 0 Å². The van der Waals surface area contributed by atoms with Gasteiger partial charge in [-0.15, -0.1) is 0 Å². The van der Waals surface area contributed by atoms with E-state index in [1.807, 2.05) is 0 Å². The minimum atomic E-state index is -1.07. The number of aliphatic carboxylic acids is 1. The fourth-order valence-corrected chi connectivity index (χ4v) is 1.68. The number of carboxylic acids is 1. The first kappa shape index (κ1) is 14.6. The highest BCUT2D eigenvalue weighted by atomic mass is 16.6. The Morgan fingerprint density at radius 3 is 2.32 bits per heavy atom. The van der Waals surface area contributed by atoms with Crippen LogP contribution in [0.3, 0.4) is 0 Å². The lowest BCUT2D eigenvalue weighted by Crippen LogP contribution is -2.23. The lowest BCUT2D eigenvalue weighted by Gasteiger charge is -2.09. The fraction of sp³-hybridized carbons (Fsp3) is 0.333. The van der Waals surface area contributed by atoms with Gasteiger partial charge in [-0.05, 0) is 18.4 Å². The number of nitrogens with two attached hydrogens (primary N) is 1. The van der Waals surface area contributed by atoms with E-state index in [0.29, 0.717) is 6.42 Å². The smallest absolute Gasteiger partial charge is 0.307 e. The minimum Gasteiger partial charge on any atom is -0.481 e. The van der Waals surface area contributed by atoms with E-state index in [9.17, 15) is 19.7 Å². The van der Waals surface area contributed by atoms with Crippen molar-refractivity contribution in [2.24, 2.45) is 11.7 Å². The number of hydrogen-bond donors (Lipinski definition) is 2. The number of nitro groups is 1. The molecule has 7 nitrogen and oxygen atoms in total. The van der Waals surface area contributed by atoms with E-state index >= 15 is 0 Å². The molecule has 0 fully saturated rings. The van der Waals surface area contributed by atoms with Crippen molar-refractivity contribution in [2.45, 2.75) is 19.3 Å². The molecular formula is C12H14N2O5. The maximum atomic E-state index is 10.9. The van der Waals surface area contributed by atoms with Gasteiger partial charge in [-0.1, -0.05) is 12.1 Å². The Morgan fingerprint density at radius 1 is 1.32 bits per heavy atom. The van der Waals surface area contributed by atoms with Gasteiger partial charge in [0, 0.05) is 18.6 Å². The van der Waals surface area contributed by atoms with Crippen molar-refractivity contribution in [3.8, 4) is 0 Å². The molecule has 1 amide bonds. The summed E-state index contributed by atoms with van der Waals surface area (Å²) in [5, 5.41) is 19.4. The number of aryl methyl sites for hydroxylation is 1. The second kappa shape index (κ2) is 6.48. The molecule has 0 aliphatic rings. The Balaban J connectivity index is 2.61. The number of benzene rings is 1. The molecule has 3 N–H and O–H groups in total. The molecule has 1 unspecified atom stereocenters. The molecule has 1 aromatic rings. The van der Waals surface area contributed by atoms with Gasteiger partial charge < -0.3 is 10.8 Å². The highest BCUT2D eigenvalue weighted by Gasteiger charge is 2.19. The number of nitrogens with zero attached hydrogens (tertiary/aromatic N) is 1. The van der Waals surface area contributed by atoms with E-state index < -0.39 is 22.7 Å². The van der Waals surface area contributed by atoms with Crippen LogP contribution in [0, 0.1) is 16.0 Å². The quantitative estimate of drug-likeness (QED) is 0.565. The molecule has 7 heteroatoms. The Morgan fingerprint density at radius 2 is 1.89 bits per heavy atom. The molecule has 19 heavy (non-hydrogen) atoms. The molecule has 0 aliphatic heterocycles. The molecule has 0 radical (unpaired) electrons. The maximum absolute atomic E-state index is 10.9. The standard InChI is InChI=1S/C12H14N2O5/c13-11(15)7-9(12(16)17)4-1-8-2-5-10(6-3-8)14(18)19/h2-3,5-6,9H,1,4,7H2,(H2,13,15)(H,16,17). The summed E-state index contributed by atoms with van der Waals surface area (Å²) in [7, 11) is 0. The molecule has 0 saturated carbocycles. The Labute approximate surface area is 109 Å². The predicted octanol–water partition coefficient (Wildman–Crippen LogP) is 1.10. The zero-order chi connectivity index (χ0) is 14.4. The number of nitro benzene ring substituents is 1. The zero-order valence-corrected chi connectivity index (χ0v) is 10.1. The van der Waals surface area contributed by atoms with Gasteiger partial charge in [-0.3, -0.25) is 19.7 Å². The SMILES string of the molecule is NC(=O)CC(CCc1ccc([N+](=O)[O-])cc1)C(=O)O. The molecule has 0 heterocycles. The first-order valence-electron chi connectivity index (χ1n) is 5.64. The van der Waals surface area contributed by atoms with E-state index in [-0.39, 0.29) is 18.5 Å². The van der Waals surface area contributed by atoms with Crippen LogP contribution in [0.5, 0.6) is 0 Å². The van der Waals surface area contributed by atoms with Crippen molar-refractivity contribution < 1.29 is 19.6 Å². The molecule has 0 spiro atoms. The van der Waals surface area contributed by atoms with Crippen molar-refractivity contribution in [3.05, 3.63) is 39.9 Å². The Bertz CT molecular complexity index is 483. The molecule has 102 valence electrons. The van der Waals surface area contributed by atoms with Crippen molar-refractivity contribution in [2.75, 3.05) is 0 Å². The topological polar surface area (TPSA) is 124 Å². The van der Waals surface area contributed by atoms with E-state index in [0.717, 1.165) is 5.56 Å². The number of amides is 1. The molecule has 1 aromatic carbocycles. The molecule has 0 bridgehead atoms. The zero-order valence-electron chi connectivity index (χ0n) is 10.1.